The molecule has 0 atom stereocenters. The number of aromatic nitrogens is 3. The van der Waals surface area contributed by atoms with Crippen molar-refractivity contribution >= 4 is 28.6 Å². The smallest absolute Gasteiger partial charge is 0.255 e. The zero-order valence-corrected chi connectivity index (χ0v) is 17.9. The molecule has 1 aliphatic heterocycles. The van der Waals surface area contributed by atoms with E-state index in [4.69, 9.17) is 4.98 Å². The van der Waals surface area contributed by atoms with Gasteiger partial charge >= 0.3 is 0 Å². The predicted octanol–water partition coefficient (Wildman–Crippen LogP) is 4.89. The first-order valence-corrected chi connectivity index (χ1v) is 11.4. The summed E-state index contributed by atoms with van der Waals surface area (Å²) in [5.41, 5.74) is 3.65. The number of hydrogen-bond donors (Lipinski definition) is 0. The second-order valence-corrected chi connectivity index (χ2v) is 9.34. The van der Waals surface area contributed by atoms with E-state index in [0.29, 0.717) is 12.0 Å². The van der Waals surface area contributed by atoms with E-state index in [-0.39, 0.29) is 5.91 Å². The summed E-state index contributed by atoms with van der Waals surface area (Å²) in [4.78, 5) is 29.6. The standard InChI is InChI=1S/C21H24N4OS2/c1-14-20(28-15(2)23-14)18-13-27-19(24-18)11-17-8-7-16(12-22-17)21(26)25-9-5-3-4-6-10-25/h7-8,12-13H,3-6,9-11H2,1-2H3. The van der Waals surface area contributed by atoms with Crippen LogP contribution in [0.1, 0.15) is 57.4 Å². The molecule has 0 radical (unpaired) electrons. The molecule has 28 heavy (non-hydrogen) atoms. The topological polar surface area (TPSA) is 59.0 Å². The van der Waals surface area contributed by atoms with Crippen molar-refractivity contribution < 1.29 is 4.79 Å². The second kappa shape index (κ2) is 8.49. The number of hydrogen-bond acceptors (Lipinski definition) is 6. The fourth-order valence-electron chi connectivity index (χ4n) is 3.53. The van der Waals surface area contributed by atoms with Gasteiger partial charge in [-0.2, -0.15) is 0 Å². The minimum Gasteiger partial charge on any atom is -0.339 e. The highest BCUT2D eigenvalue weighted by Crippen LogP contribution is 2.31. The van der Waals surface area contributed by atoms with Crippen LogP contribution in [-0.2, 0) is 6.42 Å². The van der Waals surface area contributed by atoms with Crippen molar-refractivity contribution in [3.63, 3.8) is 0 Å². The predicted molar refractivity (Wildman–Crippen MR) is 114 cm³/mol. The number of thiazole rings is 2. The molecule has 0 spiro atoms. The van der Waals surface area contributed by atoms with Crippen LogP contribution in [0.3, 0.4) is 0 Å². The lowest BCUT2D eigenvalue weighted by molar-refractivity contribution is 0.0761. The molecule has 0 N–H and O–H groups in total. The number of nitrogens with zero attached hydrogens (tertiary/aromatic N) is 4. The van der Waals surface area contributed by atoms with Crippen molar-refractivity contribution in [3.05, 3.63) is 50.7 Å². The first kappa shape index (κ1) is 19.2. The molecular formula is C21H24N4OS2. The Hall–Kier alpha value is -2.12. The summed E-state index contributed by atoms with van der Waals surface area (Å²) >= 11 is 3.33. The van der Waals surface area contributed by atoms with Crippen LogP contribution < -0.4 is 0 Å². The van der Waals surface area contributed by atoms with E-state index in [0.717, 1.165) is 57.9 Å². The Morgan fingerprint density at radius 3 is 2.54 bits per heavy atom. The summed E-state index contributed by atoms with van der Waals surface area (Å²) in [7, 11) is 0. The van der Waals surface area contributed by atoms with Gasteiger partial charge in [0.2, 0.25) is 0 Å². The highest BCUT2D eigenvalue weighted by Gasteiger charge is 2.18. The summed E-state index contributed by atoms with van der Waals surface area (Å²) in [6, 6.07) is 3.86. The van der Waals surface area contributed by atoms with Gasteiger partial charge in [-0.3, -0.25) is 9.78 Å². The molecule has 1 fully saturated rings. The van der Waals surface area contributed by atoms with Crippen molar-refractivity contribution in [3.8, 4) is 10.6 Å². The number of pyridine rings is 1. The minimum absolute atomic E-state index is 0.105. The van der Waals surface area contributed by atoms with Crippen LogP contribution in [-0.4, -0.2) is 38.8 Å². The van der Waals surface area contributed by atoms with Gasteiger partial charge in [-0.05, 0) is 38.8 Å². The molecule has 1 saturated heterocycles. The number of carbonyl (C=O) groups is 1. The number of carbonyl (C=O) groups excluding carboxylic acids is 1. The van der Waals surface area contributed by atoms with E-state index in [1.807, 2.05) is 30.9 Å². The summed E-state index contributed by atoms with van der Waals surface area (Å²) < 4.78 is 0. The highest BCUT2D eigenvalue weighted by atomic mass is 32.1. The molecule has 1 amide bonds. The number of amides is 1. The molecule has 4 heterocycles. The first-order valence-electron chi connectivity index (χ1n) is 9.73. The summed E-state index contributed by atoms with van der Waals surface area (Å²) in [5, 5.41) is 4.18. The number of likely N-dealkylation sites (tertiary alicyclic amines) is 1. The van der Waals surface area contributed by atoms with Gasteiger partial charge in [0.25, 0.3) is 5.91 Å². The van der Waals surface area contributed by atoms with Gasteiger partial charge in [0.05, 0.1) is 31.8 Å². The molecule has 0 aliphatic carbocycles. The first-order chi connectivity index (χ1) is 13.6. The Morgan fingerprint density at radius 1 is 1.11 bits per heavy atom. The van der Waals surface area contributed by atoms with Gasteiger partial charge in [-0.25, -0.2) is 9.97 Å². The third-order valence-corrected chi connectivity index (χ3v) is 6.93. The Bertz CT molecular complexity index is 953. The molecule has 3 aromatic heterocycles. The lowest BCUT2D eigenvalue weighted by Gasteiger charge is -2.20. The monoisotopic (exact) mass is 412 g/mol. The maximum Gasteiger partial charge on any atom is 0.255 e. The summed E-state index contributed by atoms with van der Waals surface area (Å²) in [6.07, 6.45) is 7.03. The molecular weight excluding hydrogens is 388 g/mol. The molecule has 146 valence electrons. The van der Waals surface area contributed by atoms with Crippen LogP contribution in [0.15, 0.2) is 23.7 Å². The van der Waals surface area contributed by atoms with E-state index in [1.165, 1.54) is 12.8 Å². The van der Waals surface area contributed by atoms with Gasteiger partial charge in [0, 0.05) is 36.8 Å². The Labute approximate surface area is 173 Å². The molecule has 0 saturated carbocycles. The molecule has 7 heteroatoms. The van der Waals surface area contributed by atoms with Crippen molar-refractivity contribution in [1.29, 1.82) is 0 Å². The maximum absolute atomic E-state index is 12.7. The van der Waals surface area contributed by atoms with Crippen molar-refractivity contribution in [2.75, 3.05) is 13.1 Å². The molecule has 0 unspecified atom stereocenters. The number of rotatable bonds is 4. The van der Waals surface area contributed by atoms with E-state index >= 15 is 0 Å². The van der Waals surface area contributed by atoms with E-state index < -0.39 is 0 Å². The van der Waals surface area contributed by atoms with Gasteiger partial charge in [-0.15, -0.1) is 22.7 Å². The summed E-state index contributed by atoms with van der Waals surface area (Å²) in [5.74, 6) is 0.105. The van der Waals surface area contributed by atoms with E-state index in [2.05, 4.69) is 15.3 Å². The second-order valence-electron chi connectivity index (χ2n) is 7.20. The third-order valence-electron chi connectivity index (χ3n) is 4.99. The van der Waals surface area contributed by atoms with Crippen molar-refractivity contribution in [2.24, 2.45) is 0 Å². The van der Waals surface area contributed by atoms with Gasteiger partial charge < -0.3 is 4.90 Å². The van der Waals surface area contributed by atoms with Crippen LogP contribution >= 0.6 is 22.7 Å². The zero-order chi connectivity index (χ0) is 19.5. The largest absolute Gasteiger partial charge is 0.339 e. The Balaban J connectivity index is 1.43. The Kier molecular flexibility index (Phi) is 5.82. The van der Waals surface area contributed by atoms with Crippen LogP contribution in [0.4, 0.5) is 0 Å². The van der Waals surface area contributed by atoms with Crippen molar-refractivity contribution in [1.82, 2.24) is 19.9 Å². The SMILES string of the molecule is Cc1nc(C)c(-c2csc(Cc3ccc(C(=O)N4CCCCCC4)cn3)n2)s1. The maximum atomic E-state index is 12.7. The molecule has 4 rings (SSSR count). The lowest BCUT2D eigenvalue weighted by Crippen LogP contribution is -2.31. The molecule has 0 aromatic carbocycles. The van der Waals surface area contributed by atoms with Crippen LogP contribution in [0.2, 0.25) is 0 Å². The molecule has 5 nitrogen and oxygen atoms in total. The zero-order valence-electron chi connectivity index (χ0n) is 16.3. The third kappa shape index (κ3) is 4.31. The fraction of sp³-hybridized carbons (Fsp3) is 0.429. The van der Waals surface area contributed by atoms with Crippen molar-refractivity contribution in [2.45, 2.75) is 46.0 Å². The fourth-order valence-corrected chi connectivity index (χ4v) is 5.29. The lowest BCUT2D eigenvalue weighted by atomic mass is 10.2. The van der Waals surface area contributed by atoms with Crippen LogP contribution in [0.5, 0.6) is 0 Å². The van der Waals surface area contributed by atoms with Gasteiger partial charge in [-0.1, -0.05) is 12.8 Å². The highest BCUT2D eigenvalue weighted by molar-refractivity contribution is 7.15. The average Bonchev–Trinajstić information content (AvgIpc) is 3.17. The summed E-state index contributed by atoms with van der Waals surface area (Å²) in [6.45, 7) is 5.77. The molecule has 0 bridgehead atoms. The minimum atomic E-state index is 0.105. The van der Waals surface area contributed by atoms with Gasteiger partial charge in [0.15, 0.2) is 0 Å². The Morgan fingerprint density at radius 2 is 1.89 bits per heavy atom. The molecule has 1 aliphatic rings. The van der Waals surface area contributed by atoms with Crippen LogP contribution in [0, 0.1) is 13.8 Å². The van der Waals surface area contributed by atoms with E-state index in [1.54, 1.807) is 28.9 Å². The van der Waals surface area contributed by atoms with Gasteiger partial charge in [0.1, 0.15) is 0 Å². The van der Waals surface area contributed by atoms with Crippen LogP contribution in [0.25, 0.3) is 10.6 Å². The van der Waals surface area contributed by atoms with E-state index in [9.17, 15) is 4.79 Å². The quantitative estimate of drug-likeness (QED) is 0.612. The number of aryl methyl sites for hydroxylation is 2. The average molecular weight is 413 g/mol. The normalized spacial score (nSPS) is 14.9. The molecule has 3 aromatic rings.